The van der Waals surface area contributed by atoms with Crippen molar-refractivity contribution in [3.05, 3.63) is 53.2 Å². The van der Waals surface area contributed by atoms with E-state index in [0.717, 1.165) is 19.3 Å². The van der Waals surface area contributed by atoms with Gasteiger partial charge in [0.05, 0.1) is 18.5 Å². The Labute approximate surface area is 135 Å². The van der Waals surface area contributed by atoms with Gasteiger partial charge in [0, 0.05) is 17.7 Å². The highest BCUT2D eigenvalue weighted by molar-refractivity contribution is 6.04. The number of ether oxygens (including phenoxy) is 1. The molecule has 3 N–H and O–H groups in total. The van der Waals surface area contributed by atoms with E-state index in [9.17, 15) is 4.79 Å². The van der Waals surface area contributed by atoms with Crippen molar-refractivity contribution in [1.29, 1.82) is 0 Å². The first kappa shape index (κ1) is 15.5. The van der Waals surface area contributed by atoms with E-state index in [0.29, 0.717) is 23.7 Å². The number of fused-ring (bicyclic) bond motifs is 1. The lowest BCUT2D eigenvalue weighted by atomic mass is 9.87. The van der Waals surface area contributed by atoms with Gasteiger partial charge in [-0.25, -0.2) is 4.98 Å². The predicted molar refractivity (Wildman–Crippen MR) is 89.8 cm³/mol. The van der Waals surface area contributed by atoms with Gasteiger partial charge in [0.15, 0.2) is 0 Å². The molecular formula is C18H21N3O2. The van der Waals surface area contributed by atoms with E-state index in [-0.39, 0.29) is 11.9 Å². The smallest absolute Gasteiger partial charge is 0.255 e. The number of carbonyl (C=O) groups excluding carboxylic acids is 1. The summed E-state index contributed by atoms with van der Waals surface area (Å²) in [5.41, 5.74) is 9.78. The van der Waals surface area contributed by atoms with E-state index < -0.39 is 0 Å². The van der Waals surface area contributed by atoms with Crippen LogP contribution in [0.15, 0.2) is 36.5 Å². The minimum Gasteiger partial charge on any atom is -0.478 e. The van der Waals surface area contributed by atoms with Crippen LogP contribution in [0.25, 0.3) is 0 Å². The highest BCUT2D eigenvalue weighted by Gasteiger charge is 2.17. The maximum atomic E-state index is 12.4. The third-order valence-corrected chi connectivity index (χ3v) is 4.02. The van der Waals surface area contributed by atoms with Crippen molar-refractivity contribution in [2.24, 2.45) is 5.73 Å². The average Bonchev–Trinajstić information content (AvgIpc) is 2.56. The lowest BCUT2D eigenvalue weighted by Gasteiger charge is -2.21. The molecule has 1 atom stereocenters. The summed E-state index contributed by atoms with van der Waals surface area (Å²) < 4.78 is 5.29. The summed E-state index contributed by atoms with van der Waals surface area (Å²) in [6.07, 6.45) is 4.39. The van der Waals surface area contributed by atoms with Crippen molar-refractivity contribution in [2.75, 3.05) is 11.9 Å². The lowest BCUT2D eigenvalue weighted by Crippen LogP contribution is -2.28. The van der Waals surface area contributed by atoms with Gasteiger partial charge in [-0.05, 0) is 55.5 Å². The fraction of sp³-hybridized carbons (Fsp3) is 0.333. The van der Waals surface area contributed by atoms with Gasteiger partial charge in [-0.1, -0.05) is 6.07 Å². The number of nitrogens with one attached hydrogen (secondary N) is 1. The number of pyridine rings is 1. The van der Waals surface area contributed by atoms with Crippen LogP contribution >= 0.6 is 0 Å². The molecule has 1 aliphatic rings. The summed E-state index contributed by atoms with van der Waals surface area (Å²) in [4.78, 5) is 16.5. The zero-order valence-electron chi connectivity index (χ0n) is 13.2. The molecule has 1 aliphatic carbocycles. The molecule has 5 nitrogen and oxygen atoms in total. The second-order valence-corrected chi connectivity index (χ2v) is 5.76. The highest BCUT2D eigenvalue weighted by atomic mass is 16.5. The molecule has 1 aromatic carbocycles. The number of hydrogen-bond acceptors (Lipinski definition) is 4. The standard InChI is InChI=1S/C18H21N3O2/c1-2-23-17-8-7-16(11-20-17)21-18(22)14-4-3-13-10-15(19)6-5-12(13)9-14/h3-4,7-9,11,15H,2,5-6,10,19H2,1H3,(H,21,22)/t15-/m1/s1. The van der Waals surface area contributed by atoms with Gasteiger partial charge in [-0.3, -0.25) is 4.79 Å². The number of amides is 1. The van der Waals surface area contributed by atoms with Crippen molar-refractivity contribution >= 4 is 11.6 Å². The van der Waals surface area contributed by atoms with Crippen molar-refractivity contribution in [3.8, 4) is 5.88 Å². The fourth-order valence-corrected chi connectivity index (χ4v) is 2.82. The highest BCUT2D eigenvalue weighted by Crippen LogP contribution is 2.22. The summed E-state index contributed by atoms with van der Waals surface area (Å²) in [7, 11) is 0. The van der Waals surface area contributed by atoms with Gasteiger partial charge >= 0.3 is 0 Å². The Balaban J connectivity index is 1.70. The van der Waals surface area contributed by atoms with Crippen LogP contribution in [0.5, 0.6) is 5.88 Å². The molecule has 0 saturated heterocycles. The zero-order valence-corrected chi connectivity index (χ0v) is 13.2. The van der Waals surface area contributed by atoms with Crippen LogP contribution in [0.2, 0.25) is 0 Å². The van der Waals surface area contributed by atoms with Gasteiger partial charge in [0.25, 0.3) is 5.91 Å². The molecule has 120 valence electrons. The van der Waals surface area contributed by atoms with E-state index >= 15 is 0 Å². The van der Waals surface area contributed by atoms with E-state index in [2.05, 4.69) is 10.3 Å². The van der Waals surface area contributed by atoms with Crippen LogP contribution in [0, 0.1) is 0 Å². The normalized spacial score (nSPS) is 16.5. The molecule has 0 aliphatic heterocycles. The van der Waals surface area contributed by atoms with Crippen molar-refractivity contribution < 1.29 is 9.53 Å². The SMILES string of the molecule is CCOc1ccc(NC(=O)c2ccc3c(c2)CC[C@@H](N)C3)cn1. The third kappa shape index (κ3) is 3.68. The molecule has 0 radical (unpaired) electrons. The largest absolute Gasteiger partial charge is 0.478 e. The zero-order chi connectivity index (χ0) is 16.2. The summed E-state index contributed by atoms with van der Waals surface area (Å²) in [6, 6.07) is 9.60. The Morgan fingerprint density at radius 2 is 2.22 bits per heavy atom. The van der Waals surface area contributed by atoms with Gasteiger partial charge in [0.2, 0.25) is 5.88 Å². The molecule has 1 aromatic heterocycles. The molecule has 1 heterocycles. The number of aromatic nitrogens is 1. The average molecular weight is 311 g/mol. The Hall–Kier alpha value is -2.40. The molecule has 5 heteroatoms. The number of carbonyl (C=O) groups is 1. The fourth-order valence-electron chi connectivity index (χ4n) is 2.82. The third-order valence-electron chi connectivity index (χ3n) is 4.02. The van der Waals surface area contributed by atoms with Crippen molar-refractivity contribution in [3.63, 3.8) is 0 Å². The van der Waals surface area contributed by atoms with Crippen LogP contribution in [0.4, 0.5) is 5.69 Å². The lowest BCUT2D eigenvalue weighted by molar-refractivity contribution is 0.102. The molecule has 2 aromatic rings. The molecule has 3 rings (SSSR count). The monoisotopic (exact) mass is 311 g/mol. The summed E-state index contributed by atoms with van der Waals surface area (Å²) >= 11 is 0. The number of nitrogens with zero attached hydrogens (tertiary/aromatic N) is 1. The topological polar surface area (TPSA) is 77.2 Å². The van der Waals surface area contributed by atoms with Gasteiger partial charge in [-0.2, -0.15) is 0 Å². The minimum absolute atomic E-state index is 0.131. The van der Waals surface area contributed by atoms with Crippen molar-refractivity contribution in [1.82, 2.24) is 4.98 Å². The summed E-state index contributed by atoms with van der Waals surface area (Å²) in [5, 5.41) is 2.86. The first-order valence-corrected chi connectivity index (χ1v) is 7.93. The van der Waals surface area contributed by atoms with Crippen LogP contribution < -0.4 is 15.8 Å². The van der Waals surface area contributed by atoms with E-state index in [4.69, 9.17) is 10.5 Å². The summed E-state index contributed by atoms with van der Waals surface area (Å²) in [6.45, 7) is 2.47. The Bertz CT molecular complexity index is 698. The molecule has 0 bridgehead atoms. The molecular weight excluding hydrogens is 290 g/mol. The van der Waals surface area contributed by atoms with E-state index in [1.807, 2.05) is 25.1 Å². The molecule has 23 heavy (non-hydrogen) atoms. The Morgan fingerprint density at radius 1 is 1.35 bits per heavy atom. The number of benzene rings is 1. The van der Waals surface area contributed by atoms with Crippen LogP contribution in [0.3, 0.4) is 0 Å². The minimum atomic E-state index is -0.131. The molecule has 0 fully saturated rings. The number of hydrogen-bond donors (Lipinski definition) is 2. The van der Waals surface area contributed by atoms with Crippen LogP contribution in [0.1, 0.15) is 34.8 Å². The number of nitrogens with two attached hydrogens (primary N) is 1. The second kappa shape index (κ2) is 6.79. The van der Waals surface area contributed by atoms with Gasteiger partial charge in [-0.15, -0.1) is 0 Å². The predicted octanol–water partition coefficient (Wildman–Crippen LogP) is 2.55. The number of rotatable bonds is 4. The summed E-state index contributed by atoms with van der Waals surface area (Å²) in [5.74, 6) is 0.421. The van der Waals surface area contributed by atoms with E-state index in [1.165, 1.54) is 11.1 Å². The van der Waals surface area contributed by atoms with E-state index in [1.54, 1.807) is 18.3 Å². The maximum Gasteiger partial charge on any atom is 0.255 e. The molecule has 0 saturated carbocycles. The Morgan fingerprint density at radius 3 is 2.96 bits per heavy atom. The van der Waals surface area contributed by atoms with Crippen LogP contribution in [-0.2, 0) is 12.8 Å². The van der Waals surface area contributed by atoms with Crippen molar-refractivity contribution in [2.45, 2.75) is 32.2 Å². The second-order valence-electron chi connectivity index (χ2n) is 5.76. The Kier molecular flexibility index (Phi) is 4.57. The first-order valence-electron chi connectivity index (χ1n) is 7.93. The number of anilines is 1. The number of aryl methyl sites for hydroxylation is 1. The first-order chi connectivity index (χ1) is 11.2. The maximum absolute atomic E-state index is 12.4. The molecule has 1 amide bonds. The molecule has 0 spiro atoms. The molecule has 0 unspecified atom stereocenters. The van der Waals surface area contributed by atoms with Crippen LogP contribution in [-0.4, -0.2) is 23.5 Å². The quantitative estimate of drug-likeness (QED) is 0.909. The van der Waals surface area contributed by atoms with Gasteiger partial charge in [0.1, 0.15) is 0 Å². The van der Waals surface area contributed by atoms with Gasteiger partial charge < -0.3 is 15.8 Å².